The fraction of sp³-hybridized carbons (Fsp3) is 0.333. The van der Waals surface area contributed by atoms with Crippen molar-refractivity contribution in [3.63, 3.8) is 0 Å². The highest BCUT2D eigenvalue weighted by Gasteiger charge is 2.34. The minimum atomic E-state index is -4.12. The van der Waals surface area contributed by atoms with Gasteiger partial charge in [0.25, 0.3) is 10.0 Å². The Kier molecular flexibility index (Phi) is 10.5. The summed E-state index contributed by atoms with van der Waals surface area (Å²) >= 11 is 6.07. The van der Waals surface area contributed by atoms with E-state index >= 15 is 0 Å². The number of rotatable bonds is 12. The van der Waals surface area contributed by atoms with Crippen molar-refractivity contribution in [2.45, 2.75) is 64.1 Å². The van der Waals surface area contributed by atoms with Gasteiger partial charge in [0, 0.05) is 17.6 Å². The maximum Gasteiger partial charge on any atom is 0.264 e. The molecule has 3 aromatic rings. The van der Waals surface area contributed by atoms with Crippen LogP contribution < -0.4 is 9.62 Å². The number of nitrogens with one attached hydrogen (secondary N) is 1. The Balaban J connectivity index is 2.04. The molecule has 0 saturated carbocycles. The molecule has 0 radical (unpaired) electrons. The van der Waals surface area contributed by atoms with Crippen molar-refractivity contribution in [2.75, 3.05) is 10.8 Å². The maximum absolute atomic E-state index is 14.0. The van der Waals surface area contributed by atoms with Crippen LogP contribution in [0.5, 0.6) is 0 Å². The largest absolute Gasteiger partial charge is 0.352 e. The SMILES string of the molecule is CC[C@H](C)NC(=O)[C@H](CC)N(Cc1ccccc1)C(=O)CN(c1ccc(Cl)cc1)S(=O)(=O)c1ccc(C)cc1. The number of carbonyl (C=O) groups excluding carboxylic acids is 2. The summed E-state index contributed by atoms with van der Waals surface area (Å²) in [5.41, 5.74) is 2.04. The van der Waals surface area contributed by atoms with Crippen LogP contribution in [0.25, 0.3) is 0 Å². The van der Waals surface area contributed by atoms with Gasteiger partial charge in [-0.2, -0.15) is 0 Å². The highest BCUT2D eigenvalue weighted by atomic mass is 35.5. The summed E-state index contributed by atoms with van der Waals surface area (Å²) in [5, 5.41) is 3.42. The zero-order chi connectivity index (χ0) is 28.6. The Morgan fingerprint density at radius 1 is 0.897 bits per heavy atom. The van der Waals surface area contributed by atoms with Crippen LogP contribution in [0.2, 0.25) is 5.02 Å². The van der Waals surface area contributed by atoms with Crippen molar-refractivity contribution in [1.82, 2.24) is 10.2 Å². The molecule has 1 N–H and O–H groups in total. The lowest BCUT2D eigenvalue weighted by atomic mass is 10.1. The summed E-state index contributed by atoms with van der Waals surface area (Å²) in [5.74, 6) is -0.758. The minimum Gasteiger partial charge on any atom is -0.352 e. The number of anilines is 1. The van der Waals surface area contributed by atoms with Crippen molar-refractivity contribution >= 4 is 39.1 Å². The molecule has 2 atom stereocenters. The number of carbonyl (C=O) groups is 2. The Labute approximate surface area is 236 Å². The number of sulfonamides is 1. The molecule has 0 spiro atoms. The molecule has 0 aliphatic heterocycles. The van der Waals surface area contributed by atoms with E-state index in [1.165, 1.54) is 17.0 Å². The molecule has 39 heavy (non-hydrogen) atoms. The topological polar surface area (TPSA) is 86.8 Å². The lowest BCUT2D eigenvalue weighted by molar-refractivity contribution is -0.140. The van der Waals surface area contributed by atoms with E-state index in [0.29, 0.717) is 17.1 Å². The molecule has 9 heteroatoms. The van der Waals surface area contributed by atoms with E-state index in [1.807, 2.05) is 58.0 Å². The fourth-order valence-electron chi connectivity index (χ4n) is 4.11. The second kappa shape index (κ2) is 13.6. The van der Waals surface area contributed by atoms with Crippen molar-refractivity contribution in [2.24, 2.45) is 0 Å². The van der Waals surface area contributed by atoms with Gasteiger partial charge in [-0.15, -0.1) is 0 Å². The van der Waals surface area contributed by atoms with E-state index in [-0.39, 0.29) is 23.4 Å². The van der Waals surface area contributed by atoms with E-state index in [2.05, 4.69) is 5.32 Å². The first kappa shape index (κ1) is 30.2. The zero-order valence-electron chi connectivity index (χ0n) is 22.8. The number of benzene rings is 3. The summed E-state index contributed by atoms with van der Waals surface area (Å²) in [6, 6.07) is 21.3. The molecule has 0 saturated heterocycles. The van der Waals surface area contributed by atoms with Gasteiger partial charge in [0.15, 0.2) is 0 Å². The third-order valence-corrected chi connectivity index (χ3v) is 8.63. The molecule has 0 heterocycles. The van der Waals surface area contributed by atoms with Crippen LogP contribution in [-0.2, 0) is 26.2 Å². The molecule has 0 bridgehead atoms. The van der Waals surface area contributed by atoms with Gasteiger partial charge in [-0.25, -0.2) is 8.42 Å². The minimum absolute atomic E-state index is 0.0621. The van der Waals surface area contributed by atoms with Crippen LogP contribution >= 0.6 is 11.6 Å². The van der Waals surface area contributed by atoms with Crippen LogP contribution in [0.4, 0.5) is 5.69 Å². The highest BCUT2D eigenvalue weighted by Crippen LogP contribution is 2.26. The number of hydrogen-bond acceptors (Lipinski definition) is 4. The van der Waals surface area contributed by atoms with Gasteiger partial charge in [-0.1, -0.05) is 73.5 Å². The first-order valence-electron chi connectivity index (χ1n) is 13.1. The third kappa shape index (κ3) is 7.83. The standard InChI is InChI=1S/C30H36ClN3O4S/c1-5-23(4)32-30(36)28(6-2)33(20-24-10-8-7-9-11-24)29(35)21-34(26-16-14-25(31)15-17-26)39(37,38)27-18-12-22(3)13-19-27/h7-19,23,28H,5-6,20-21H2,1-4H3,(H,32,36)/t23-,28-/m0/s1. The lowest BCUT2D eigenvalue weighted by Gasteiger charge is -2.33. The number of nitrogens with zero attached hydrogens (tertiary/aromatic N) is 2. The van der Waals surface area contributed by atoms with Crippen molar-refractivity contribution < 1.29 is 18.0 Å². The molecule has 0 aromatic heterocycles. The zero-order valence-corrected chi connectivity index (χ0v) is 24.4. The summed E-state index contributed by atoms with van der Waals surface area (Å²) in [6.07, 6.45) is 1.11. The predicted octanol–water partition coefficient (Wildman–Crippen LogP) is 5.57. The van der Waals surface area contributed by atoms with Crippen molar-refractivity contribution in [3.05, 3.63) is 95.0 Å². The molecule has 3 rings (SSSR count). The lowest BCUT2D eigenvalue weighted by Crippen LogP contribution is -2.53. The normalized spacial score (nSPS) is 12.8. The van der Waals surface area contributed by atoms with Crippen molar-refractivity contribution in [1.29, 1.82) is 0 Å². The average Bonchev–Trinajstić information content (AvgIpc) is 2.92. The molecule has 3 aromatic carbocycles. The Bertz CT molecular complexity index is 1350. The van der Waals surface area contributed by atoms with Crippen LogP contribution in [0.3, 0.4) is 0 Å². The van der Waals surface area contributed by atoms with Crippen molar-refractivity contribution in [3.8, 4) is 0 Å². The average molecular weight is 570 g/mol. The molecule has 2 amide bonds. The second-order valence-corrected chi connectivity index (χ2v) is 11.8. The third-order valence-electron chi connectivity index (χ3n) is 6.59. The molecule has 208 valence electrons. The number of aryl methyl sites for hydroxylation is 1. The summed E-state index contributed by atoms with van der Waals surface area (Å²) in [7, 11) is -4.12. The van der Waals surface area contributed by atoms with Gasteiger partial charge in [0.05, 0.1) is 10.6 Å². The molecule has 0 aliphatic rings. The van der Waals surface area contributed by atoms with Crippen LogP contribution in [0.1, 0.15) is 44.7 Å². The van der Waals surface area contributed by atoms with Crippen LogP contribution in [0, 0.1) is 6.92 Å². The first-order valence-corrected chi connectivity index (χ1v) is 14.9. The quantitative estimate of drug-likeness (QED) is 0.309. The first-order chi connectivity index (χ1) is 18.6. The maximum atomic E-state index is 14.0. The number of halogens is 1. The molecular weight excluding hydrogens is 534 g/mol. The van der Waals surface area contributed by atoms with Gasteiger partial charge in [-0.05, 0) is 68.7 Å². The summed E-state index contributed by atoms with van der Waals surface area (Å²) < 4.78 is 28.8. The molecule has 7 nitrogen and oxygen atoms in total. The van der Waals surface area contributed by atoms with Crippen LogP contribution in [-0.4, -0.2) is 43.8 Å². The summed E-state index contributed by atoms with van der Waals surface area (Å²) in [6.45, 7) is 7.26. The number of amides is 2. The van der Waals surface area contributed by atoms with Crippen LogP contribution in [0.15, 0.2) is 83.8 Å². The highest BCUT2D eigenvalue weighted by molar-refractivity contribution is 7.92. The Morgan fingerprint density at radius 2 is 1.51 bits per heavy atom. The van der Waals surface area contributed by atoms with Gasteiger partial charge >= 0.3 is 0 Å². The smallest absolute Gasteiger partial charge is 0.264 e. The van der Waals surface area contributed by atoms with E-state index in [9.17, 15) is 18.0 Å². The molecule has 0 unspecified atom stereocenters. The molecule has 0 fully saturated rings. The number of hydrogen-bond donors (Lipinski definition) is 1. The second-order valence-electron chi connectivity index (χ2n) is 9.55. The Morgan fingerprint density at radius 3 is 2.08 bits per heavy atom. The summed E-state index contributed by atoms with van der Waals surface area (Å²) in [4.78, 5) is 28.8. The van der Waals surface area contributed by atoms with Gasteiger partial charge in [0.2, 0.25) is 11.8 Å². The predicted molar refractivity (Wildman–Crippen MR) is 156 cm³/mol. The van der Waals surface area contributed by atoms with E-state index < -0.39 is 28.5 Å². The van der Waals surface area contributed by atoms with E-state index in [4.69, 9.17) is 11.6 Å². The fourth-order valence-corrected chi connectivity index (χ4v) is 5.65. The Hall–Kier alpha value is -3.36. The van der Waals surface area contributed by atoms with Gasteiger partial charge in [0.1, 0.15) is 12.6 Å². The van der Waals surface area contributed by atoms with Gasteiger partial charge < -0.3 is 10.2 Å². The van der Waals surface area contributed by atoms with E-state index in [0.717, 1.165) is 21.9 Å². The molecular formula is C30H36ClN3O4S. The molecule has 0 aliphatic carbocycles. The van der Waals surface area contributed by atoms with Gasteiger partial charge in [-0.3, -0.25) is 13.9 Å². The monoisotopic (exact) mass is 569 g/mol. The van der Waals surface area contributed by atoms with E-state index in [1.54, 1.807) is 36.4 Å².